The third-order valence-corrected chi connectivity index (χ3v) is 4.37. The number of aliphatic hydroxyl groups excluding tert-OH is 1. The highest BCUT2D eigenvalue weighted by Gasteiger charge is 2.15. The average Bonchev–Trinajstić information content (AvgIpc) is 2.67. The average molecular weight is 332 g/mol. The zero-order chi connectivity index (χ0) is 17.6. The van der Waals surface area contributed by atoms with Gasteiger partial charge in [0.1, 0.15) is 18.5 Å². The Labute approximate surface area is 149 Å². The van der Waals surface area contributed by atoms with E-state index in [9.17, 15) is 5.11 Å². The summed E-state index contributed by atoms with van der Waals surface area (Å²) in [4.78, 5) is 0. The molecule has 0 aromatic heterocycles. The lowest BCUT2D eigenvalue weighted by molar-refractivity contribution is 0.209. The normalized spacial score (nSPS) is 12.2. The van der Waals surface area contributed by atoms with Gasteiger partial charge in [-0.05, 0) is 28.7 Å². The molecule has 3 aromatic carbocycles. The number of hydrogen-bond donors (Lipinski definition) is 1. The molecule has 0 aliphatic heterocycles. The maximum Gasteiger partial charge on any atom is 0.125 e. The second-order valence-corrected chi connectivity index (χ2v) is 6.54. The van der Waals surface area contributed by atoms with Gasteiger partial charge in [0.05, 0.1) is 0 Å². The van der Waals surface area contributed by atoms with E-state index in [0.717, 1.165) is 16.7 Å². The SMILES string of the molecule is CC(C)c1ccc(C(O)c2ccccc2OCc2ccccc2)cc1. The third-order valence-electron chi connectivity index (χ3n) is 4.37. The van der Waals surface area contributed by atoms with Crippen molar-refractivity contribution in [1.82, 2.24) is 0 Å². The standard InChI is InChI=1S/C23H24O2/c1-17(2)19-12-14-20(15-13-19)23(24)21-10-6-7-11-22(21)25-16-18-8-4-3-5-9-18/h3-15,17,23-24H,16H2,1-2H3. The molecule has 0 saturated heterocycles. The molecule has 3 rings (SSSR count). The molecule has 2 heteroatoms. The third kappa shape index (κ3) is 4.28. The van der Waals surface area contributed by atoms with Crippen LogP contribution in [0.15, 0.2) is 78.9 Å². The largest absolute Gasteiger partial charge is 0.489 e. The molecule has 0 heterocycles. The van der Waals surface area contributed by atoms with Gasteiger partial charge in [-0.25, -0.2) is 0 Å². The molecule has 25 heavy (non-hydrogen) atoms. The lowest BCUT2D eigenvalue weighted by Crippen LogP contribution is -2.04. The minimum Gasteiger partial charge on any atom is -0.489 e. The molecular weight excluding hydrogens is 308 g/mol. The molecule has 0 amide bonds. The Kier molecular flexibility index (Phi) is 5.52. The molecule has 0 fully saturated rings. The van der Waals surface area contributed by atoms with Crippen LogP contribution in [-0.4, -0.2) is 5.11 Å². The van der Waals surface area contributed by atoms with Gasteiger partial charge in [0, 0.05) is 5.56 Å². The van der Waals surface area contributed by atoms with Crippen LogP contribution in [0.4, 0.5) is 0 Å². The molecule has 128 valence electrons. The Hall–Kier alpha value is -2.58. The van der Waals surface area contributed by atoms with Crippen molar-refractivity contribution in [2.24, 2.45) is 0 Å². The number of para-hydroxylation sites is 1. The lowest BCUT2D eigenvalue weighted by atomic mass is 9.96. The molecule has 0 saturated carbocycles. The highest BCUT2D eigenvalue weighted by molar-refractivity contribution is 5.41. The van der Waals surface area contributed by atoms with Gasteiger partial charge < -0.3 is 9.84 Å². The first kappa shape index (κ1) is 17.2. The van der Waals surface area contributed by atoms with Crippen molar-refractivity contribution in [3.8, 4) is 5.75 Å². The van der Waals surface area contributed by atoms with Crippen molar-refractivity contribution in [2.45, 2.75) is 32.5 Å². The topological polar surface area (TPSA) is 29.5 Å². The second kappa shape index (κ2) is 8.00. The summed E-state index contributed by atoms with van der Waals surface area (Å²) < 4.78 is 5.97. The summed E-state index contributed by atoms with van der Waals surface area (Å²) in [6.45, 7) is 4.81. The van der Waals surface area contributed by atoms with Crippen molar-refractivity contribution in [2.75, 3.05) is 0 Å². The summed E-state index contributed by atoms with van der Waals surface area (Å²) in [6, 6.07) is 25.9. The highest BCUT2D eigenvalue weighted by atomic mass is 16.5. The van der Waals surface area contributed by atoms with Crippen molar-refractivity contribution >= 4 is 0 Å². The van der Waals surface area contributed by atoms with Crippen LogP contribution >= 0.6 is 0 Å². The maximum absolute atomic E-state index is 10.8. The predicted molar refractivity (Wildman–Crippen MR) is 102 cm³/mol. The van der Waals surface area contributed by atoms with E-state index in [1.54, 1.807) is 0 Å². The van der Waals surface area contributed by atoms with Crippen LogP contribution in [0.2, 0.25) is 0 Å². The molecule has 0 aliphatic rings. The van der Waals surface area contributed by atoms with Crippen molar-refractivity contribution in [3.05, 3.63) is 101 Å². The summed E-state index contributed by atoms with van der Waals surface area (Å²) in [5, 5.41) is 10.8. The predicted octanol–water partition coefficient (Wildman–Crippen LogP) is 5.47. The monoisotopic (exact) mass is 332 g/mol. The van der Waals surface area contributed by atoms with E-state index in [1.165, 1.54) is 5.56 Å². The van der Waals surface area contributed by atoms with E-state index in [2.05, 4.69) is 26.0 Å². The van der Waals surface area contributed by atoms with E-state index in [-0.39, 0.29) is 0 Å². The molecule has 2 nitrogen and oxygen atoms in total. The zero-order valence-corrected chi connectivity index (χ0v) is 14.7. The maximum atomic E-state index is 10.8. The van der Waals surface area contributed by atoms with Crippen LogP contribution in [0, 0.1) is 0 Å². The van der Waals surface area contributed by atoms with Gasteiger partial charge in [0.15, 0.2) is 0 Å². The number of hydrogen-bond acceptors (Lipinski definition) is 2. The van der Waals surface area contributed by atoms with Crippen molar-refractivity contribution in [1.29, 1.82) is 0 Å². The van der Waals surface area contributed by atoms with Crippen LogP contribution < -0.4 is 4.74 Å². The first-order chi connectivity index (χ1) is 12.1. The fourth-order valence-electron chi connectivity index (χ4n) is 2.82. The lowest BCUT2D eigenvalue weighted by Gasteiger charge is -2.17. The zero-order valence-electron chi connectivity index (χ0n) is 14.7. The Balaban J connectivity index is 1.79. The van der Waals surface area contributed by atoms with Gasteiger partial charge in [0.25, 0.3) is 0 Å². The van der Waals surface area contributed by atoms with Crippen LogP contribution in [0.5, 0.6) is 5.75 Å². The Morgan fingerprint density at radius 3 is 2.04 bits per heavy atom. The fraction of sp³-hybridized carbons (Fsp3) is 0.217. The van der Waals surface area contributed by atoms with E-state index < -0.39 is 6.10 Å². The van der Waals surface area contributed by atoms with Crippen LogP contribution in [0.1, 0.15) is 48.1 Å². The van der Waals surface area contributed by atoms with E-state index in [1.807, 2.05) is 66.7 Å². The molecule has 3 aromatic rings. The van der Waals surface area contributed by atoms with Crippen LogP contribution in [-0.2, 0) is 6.61 Å². The summed E-state index contributed by atoms with van der Waals surface area (Å²) >= 11 is 0. The van der Waals surface area contributed by atoms with Gasteiger partial charge in [-0.2, -0.15) is 0 Å². The summed E-state index contributed by atoms with van der Waals surface area (Å²) in [5.41, 5.74) is 4.04. The van der Waals surface area contributed by atoms with E-state index in [0.29, 0.717) is 18.3 Å². The second-order valence-electron chi connectivity index (χ2n) is 6.54. The molecule has 0 bridgehead atoms. The molecule has 0 aliphatic carbocycles. The Morgan fingerprint density at radius 2 is 1.36 bits per heavy atom. The van der Waals surface area contributed by atoms with E-state index in [4.69, 9.17) is 4.74 Å². The number of ether oxygens (including phenoxy) is 1. The molecular formula is C23H24O2. The van der Waals surface area contributed by atoms with Gasteiger partial charge in [0.2, 0.25) is 0 Å². The summed E-state index contributed by atoms with van der Waals surface area (Å²) in [7, 11) is 0. The number of aliphatic hydroxyl groups is 1. The Morgan fingerprint density at radius 1 is 0.760 bits per heavy atom. The molecule has 1 atom stereocenters. The smallest absolute Gasteiger partial charge is 0.125 e. The summed E-state index contributed by atoms with van der Waals surface area (Å²) in [6.07, 6.45) is -0.701. The minimum absolute atomic E-state index is 0.479. The van der Waals surface area contributed by atoms with E-state index >= 15 is 0 Å². The quantitative estimate of drug-likeness (QED) is 0.648. The van der Waals surface area contributed by atoms with Crippen LogP contribution in [0.3, 0.4) is 0 Å². The molecule has 1 N–H and O–H groups in total. The van der Waals surface area contributed by atoms with Crippen molar-refractivity contribution in [3.63, 3.8) is 0 Å². The summed E-state index contributed by atoms with van der Waals surface area (Å²) in [5.74, 6) is 1.19. The van der Waals surface area contributed by atoms with Gasteiger partial charge in [-0.1, -0.05) is 86.6 Å². The first-order valence-corrected chi connectivity index (χ1v) is 8.68. The highest BCUT2D eigenvalue weighted by Crippen LogP contribution is 2.31. The Bertz CT molecular complexity index is 792. The molecule has 0 spiro atoms. The minimum atomic E-state index is -0.701. The number of rotatable bonds is 6. The van der Waals surface area contributed by atoms with Crippen molar-refractivity contribution < 1.29 is 9.84 Å². The first-order valence-electron chi connectivity index (χ1n) is 8.68. The molecule has 0 radical (unpaired) electrons. The number of benzene rings is 3. The molecule has 1 unspecified atom stereocenters. The van der Waals surface area contributed by atoms with Gasteiger partial charge >= 0.3 is 0 Å². The van der Waals surface area contributed by atoms with Gasteiger partial charge in [-0.15, -0.1) is 0 Å². The fourth-order valence-corrected chi connectivity index (χ4v) is 2.82. The van der Waals surface area contributed by atoms with Crippen LogP contribution in [0.25, 0.3) is 0 Å². The van der Waals surface area contributed by atoms with Gasteiger partial charge in [-0.3, -0.25) is 0 Å².